The van der Waals surface area contributed by atoms with Crippen LogP contribution in [-0.4, -0.2) is 57.2 Å². The summed E-state index contributed by atoms with van der Waals surface area (Å²) in [7, 11) is -3.02. The van der Waals surface area contributed by atoms with Gasteiger partial charge in [0.2, 0.25) is 0 Å². The Balaban J connectivity index is 0.00000420. The first kappa shape index (κ1) is 26.0. The molecule has 0 heterocycles. The van der Waals surface area contributed by atoms with E-state index in [9.17, 15) is 13.5 Å². The molecule has 166 valence electrons. The molecule has 1 aromatic rings. The van der Waals surface area contributed by atoms with Gasteiger partial charge in [-0.25, -0.2) is 8.42 Å². The predicted molar refractivity (Wildman–Crippen MR) is 128 cm³/mol. The molecule has 0 spiro atoms. The number of nitrogens with zero attached hydrogens (tertiary/aromatic N) is 1. The van der Waals surface area contributed by atoms with Crippen LogP contribution in [0.5, 0.6) is 5.75 Å². The molecule has 29 heavy (non-hydrogen) atoms. The van der Waals surface area contributed by atoms with Crippen molar-refractivity contribution < 1.29 is 18.3 Å². The van der Waals surface area contributed by atoms with Crippen LogP contribution in [0.25, 0.3) is 0 Å². The Morgan fingerprint density at radius 3 is 2.55 bits per heavy atom. The highest BCUT2D eigenvalue weighted by Crippen LogP contribution is 2.46. The molecule has 1 aliphatic rings. The van der Waals surface area contributed by atoms with E-state index >= 15 is 0 Å². The summed E-state index contributed by atoms with van der Waals surface area (Å²) in [5.41, 5.74) is 0.536. The van der Waals surface area contributed by atoms with Gasteiger partial charge in [0.15, 0.2) is 5.96 Å². The second kappa shape index (κ2) is 11.4. The zero-order chi connectivity index (χ0) is 20.8. The number of hydrogen-bond donors (Lipinski definition) is 3. The highest BCUT2D eigenvalue weighted by molar-refractivity contribution is 14.0. The smallest absolute Gasteiger partial charge is 0.191 e. The van der Waals surface area contributed by atoms with Crippen LogP contribution in [-0.2, 0) is 9.84 Å². The number of sulfone groups is 1. The Hall–Kier alpha value is -1.07. The Bertz CT molecular complexity index is 780. The number of hydrogen-bond acceptors (Lipinski definition) is 5. The summed E-state index contributed by atoms with van der Waals surface area (Å²) in [6.07, 6.45) is 2.39. The second-order valence-electron chi connectivity index (χ2n) is 7.90. The van der Waals surface area contributed by atoms with E-state index in [1.165, 1.54) is 6.26 Å². The van der Waals surface area contributed by atoms with E-state index in [1.807, 2.05) is 45.0 Å². The number of aliphatic hydroxyl groups excluding tert-OH is 1. The normalized spacial score (nSPS) is 16.7. The first-order valence-electron chi connectivity index (χ1n) is 9.77. The van der Waals surface area contributed by atoms with Crippen molar-refractivity contribution in [2.24, 2.45) is 10.4 Å². The number of aliphatic imine (C=N–C) groups is 1. The molecule has 1 atom stereocenters. The fraction of sp³-hybridized carbons (Fsp3) is 0.650. The van der Waals surface area contributed by atoms with Gasteiger partial charge in [-0.2, -0.15) is 0 Å². The summed E-state index contributed by atoms with van der Waals surface area (Å²) in [6.45, 7) is 7.31. The topological polar surface area (TPSA) is 100 Å². The zero-order valence-corrected chi connectivity index (χ0v) is 20.8. The van der Waals surface area contributed by atoms with Crippen molar-refractivity contribution in [3.63, 3.8) is 0 Å². The molecular weight excluding hydrogens is 505 g/mol. The number of halogens is 1. The molecule has 0 bridgehead atoms. The van der Waals surface area contributed by atoms with Crippen molar-refractivity contribution >= 4 is 39.8 Å². The summed E-state index contributed by atoms with van der Waals surface area (Å²) in [6, 6.07) is 7.42. The van der Waals surface area contributed by atoms with Gasteiger partial charge < -0.3 is 20.5 Å². The van der Waals surface area contributed by atoms with E-state index in [4.69, 9.17) is 4.74 Å². The minimum absolute atomic E-state index is 0. The van der Waals surface area contributed by atoms with Crippen LogP contribution < -0.4 is 15.4 Å². The third-order valence-electron chi connectivity index (χ3n) is 4.52. The second-order valence-corrected chi connectivity index (χ2v) is 10.0. The molecule has 1 unspecified atom stereocenters. The average molecular weight is 539 g/mol. The minimum Gasteiger partial charge on any atom is -0.491 e. The van der Waals surface area contributed by atoms with Crippen LogP contribution in [0, 0.1) is 5.41 Å². The van der Waals surface area contributed by atoms with E-state index in [1.54, 1.807) is 0 Å². The lowest BCUT2D eigenvalue weighted by Gasteiger charge is -2.18. The number of ether oxygens (including phenoxy) is 1. The van der Waals surface area contributed by atoms with Gasteiger partial charge in [-0.05, 0) is 51.3 Å². The maximum atomic E-state index is 11.6. The van der Waals surface area contributed by atoms with E-state index in [2.05, 4.69) is 15.6 Å². The van der Waals surface area contributed by atoms with Gasteiger partial charge in [0.25, 0.3) is 0 Å². The number of benzene rings is 1. The Labute approximate surface area is 191 Å². The maximum absolute atomic E-state index is 11.6. The van der Waals surface area contributed by atoms with Gasteiger partial charge in [-0.3, -0.25) is 4.99 Å². The molecule has 0 aliphatic heterocycles. The molecule has 3 N–H and O–H groups in total. The number of aliphatic hydroxyl groups is 1. The maximum Gasteiger partial charge on any atom is 0.191 e. The van der Waals surface area contributed by atoms with Gasteiger partial charge in [0.1, 0.15) is 15.6 Å². The predicted octanol–water partition coefficient (Wildman–Crippen LogP) is 2.51. The highest BCUT2D eigenvalue weighted by atomic mass is 127. The molecule has 0 radical (unpaired) electrons. The van der Waals surface area contributed by atoms with Gasteiger partial charge in [-0.15, -0.1) is 24.0 Å². The molecule has 9 heteroatoms. The van der Waals surface area contributed by atoms with Gasteiger partial charge >= 0.3 is 0 Å². The molecule has 7 nitrogen and oxygen atoms in total. The van der Waals surface area contributed by atoms with Crippen molar-refractivity contribution in [2.45, 2.75) is 45.8 Å². The third kappa shape index (κ3) is 9.52. The van der Waals surface area contributed by atoms with Crippen LogP contribution in [0.2, 0.25) is 0 Å². The van der Waals surface area contributed by atoms with Crippen LogP contribution >= 0.6 is 24.0 Å². The summed E-state index contributed by atoms with van der Waals surface area (Å²) < 4.78 is 28.9. The lowest BCUT2D eigenvalue weighted by Crippen LogP contribution is -2.40. The first-order chi connectivity index (χ1) is 13.1. The van der Waals surface area contributed by atoms with Crippen LogP contribution in [0.1, 0.15) is 45.3 Å². The quantitative estimate of drug-likeness (QED) is 0.240. The summed E-state index contributed by atoms with van der Waals surface area (Å²) in [5, 5.41) is 16.8. The number of guanidine groups is 1. The molecule has 1 aliphatic carbocycles. The van der Waals surface area contributed by atoms with Gasteiger partial charge in [0, 0.05) is 31.3 Å². The van der Waals surface area contributed by atoms with Crippen molar-refractivity contribution in [1.29, 1.82) is 0 Å². The molecule has 0 aromatic heterocycles. The van der Waals surface area contributed by atoms with E-state index in [0.29, 0.717) is 19.0 Å². The summed E-state index contributed by atoms with van der Waals surface area (Å²) in [5.74, 6) is 1.48. The monoisotopic (exact) mass is 539 g/mol. The van der Waals surface area contributed by atoms with E-state index in [-0.39, 0.29) is 47.8 Å². The molecule has 2 rings (SSSR count). The first-order valence-corrected chi connectivity index (χ1v) is 11.8. The molecule has 0 amide bonds. The lowest BCUT2D eigenvalue weighted by atomic mass is 10.1. The Morgan fingerprint density at radius 1 is 1.31 bits per heavy atom. The molecular formula is C20H34IN3O4S. The fourth-order valence-electron chi connectivity index (χ4n) is 3.05. The standard InChI is InChI=1S/C20H33N3O4S.HI/c1-5-21-19(23-13-20(9-10-20)14-28(4,25)26)22-12-18(24)16-7-6-8-17(11-16)27-15(2)3;/h6-8,11,15,18,24H,5,9-10,12-14H2,1-4H3,(H2,21,22,23);1H. The average Bonchev–Trinajstić information content (AvgIpc) is 3.34. The van der Waals surface area contributed by atoms with Crippen LogP contribution in [0.4, 0.5) is 0 Å². The fourth-order valence-corrected chi connectivity index (χ4v) is 4.54. The Morgan fingerprint density at radius 2 is 2.00 bits per heavy atom. The van der Waals surface area contributed by atoms with Crippen LogP contribution in [0.15, 0.2) is 29.3 Å². The Kier molecular flexibility index (Phi) is 10.2. The lowest BCUT2D eigenvalue weighted by molar-refractivity contribution is 0.179. The minimum atomic E-state index is -3.02. The van der Waals surface area contributed by atoms with Crippen molar-refractivity contribution in [1.82, 2.24) is 10.6 Å². The van der Waals surface area contributed by atoms with Crippen molar-refractivity contribution in [3.8, 4) is 5.75 Å². The van der Waals surface area contributed by atoms with Crippen LogP contribution in [0.3, 0.4) is 0 Å². The molecule has 0 saturated heterocycles. The summed E-state index contributed by atoms with van der Waals surface area (Å²) >= 11 is 0. The number of rotatable bonds is 10. The van der Waals surface area contributed by atoms with Gasteiger partial charge in [0.05, 0.1) is 18.0 Å². The third-order valence-corrected chi connectivity index (χ3v) is 5.66. The van der Waals surface area contributed by atoms with E-state index < -0.39 is 15.9 Å². The van der Waals surface area contributed by atoms with Crippen molar-refractivity contribution in [3.05, 3.63) is 29.8 Å². The molecule has 1 aromatic carbocycles. The van der Waals surface area contributed by atoms with Gasteiger partial charge in [-0.1, -0.05) is 12.1 Å². The molecule has 1 saturated carbocycles. The zero-order valence-electron chi connectivity index (χ0n) is 17.6. The summed E-state index contributed by atoms with van der Waals surface area (Å²) in [4.78, 5) is 4.55. The van der Waals surface area contributed by atoms with E-state index in [0.717, 1.165) is 24.2 Å². The highest BCUT2D eigenvalue weighted by Gasteiger charge is 2.45. The molecule has 1 fully saturated rings. The SMILES string of the molecule is CCNC(=NCC1(CS(C)(=O)=O)CC1)NCC(O)c1cccc(OC(C)C)c1.I. The number of nitrogens with one attached hydrogen (secondary N) is 2. The van der Waals surface area contributed by atoms with Crippen molar-refractivity contribution in [2.75, 3.05) is 31.6 Å². The largest absolute Gasteiger partial charge is 0.491 e.